The molecule has 1 saturated carbocycles. The number of aliphatic hydroxyl groups is 1. The molecule has 0 bridgehead atoms. The fourth-order valence-electron chi connectivity index (χ4n) is 2.41. The quantitative estimate of drug-likeness (QED) is 0.721. The van der Waals surface area contributed by atoms with Gasteiger partial charge in [0.15, 0.2) is 0 Å². The number of rotatable bonds is 1. The molecule has 0 aliphatic heterocycles. The van der Waals surface area contributed by atoms with Crippen LogP contribution in [0.3, 0.4) is 0 Å². The molecule has 0 saturated heterocycles. The predicted octanol–water partition coefficient (Wildman–Crippen LogP) is 3.75. The molecule has 0 spiro atoms. The summed E-state index contributed by atoms with van der Waals surface area (Å²) in [5, 5.41) is 10.8. The van der Waals surface area contributed by atoms with E-state index in [9.17, 15) is 5.11 Å². The molecule has 1 aliphatic rings. The Morgan fingerprint density at radius 3 is 2.73 bits per heavy atom. The lowest BCUT2D eigenvalue weighted by molar-refractivity contribution is 0.135. The number of aliphatic hydroxyl groups excluding tert-OH is 1. The van der Waals surface area contributed by atoms with Crippen LogP contribution in [0.4, 0.5) is 0 Å². The lowest BCUT2D eigenvalue weighted by atomic mass is 9.89. The largest absolute Gasteiger partial charge is 0.392 e. The smallest absolute Gasteiger partial charge is 0.0608 e. The Hall–Kier alpha value is -0.530. The van der Waals surface area contributed by atoms with Crippen molar-refractivity contribution in [3.63, 3.8) is 0 Å². The van der Waals surface area contributed by atoms with Crippen molar-refractivity contribution in [2.75, 3.05) is 0 Å². The molecule has 2 atom stereocenters. The average molecular weight is 225 g/mol. The molecule has 0 amide bonds. The predicted molar refractivity (Wildman–Crippen MR) is 63.3 cm³/mol. The fraction of sp³-hybridized carbons (Fsp3) is 0.538. The summed E-state index contributed by atoms with van der Waals surface area (Å²) in [4.78, 5) is 0. The first kappa shape index (κ1) is 11.0. The molecule has 0 heterocycles. The van der Waals surface area contributed by atoms with Gasteiger partial charge in [0, 0.05) is 10.9 Å². The van der Waals surface area contributed by atoms with Gasteiger partial charge < -0.3 is 5.11 Å². The Kier molecular flexibility index (Phi) is 3.66. The van der Waals surface area contributed by atoms with E-state index in [1.54, 1.807) is 0 Å². The van der Waals surface area contributed by atoms with E-state index < -0.39 is 0 Å². The second kappa shape index (κ2) is 5.00. The van der Waals surface area contributed by atoms with Crippen LogP contribution in [-0.4, -0.2) is 11.2 Å². The van der Waals surface area contributed by atoms with Crippen LogP contribution in [-0.2, 0) is 0 Å². The van der Waals surface area contributed by atoms with Gasteiger partial charge in [0.25, 0.3) is 0 Å². The van der Waals surface area contributed by atoms with Crippen molar-refractivity contribution < 1.29 is 5.11 Å². The van der Waals surface area contributed by atoms with E-state index in [1.807, 2.05) is 18.2 Å². The topological polar surface area (TPSA) is 20.2 Å². The second-order valence-electron chi connectivity index (χ2n) is 4.37. The summed E-state index contributed by atoms with van der Waals surface area (Å²) in [5.74, 6) is 0.284. The van der Waals surface area contributed by atoms with E-state index in [-0.39, 0.29) is 12.0 Å². The minimum Gasteiger partial charge on any atom is -0.392 e. The first-order valence-electron chi connectivity index (χ1n) is 5.71. The Morgan fingerprint density at radius 1 is 1.13 bits per heavy atom. The summed E-state index contributed by atoms with van der Waals surface area (Å²) in [6, 6.07) is 7.91. The fourth-order valence-corrected chi connectivity index (χ4v) is 2.61. The molecule has 2 unspecified atom stereocenters. The maximum Gasteiger partial charge on any atom is 0.0608 e. The third-order valence-corrected chi connectivity index (χ3v) is 3.49. The molecular formula is C13H17ClO. The molecule has 1 aliphatic carbocycles. The number of benzene rings is 1. The average Bonchev–Trinajstić information content (AvgIpc) is 2.43. The summed E-state index contributed by atoms with van der Waals surface area (Å²) in [6.45, 7) is 0. The molecular weight excluding hydrogens is 208 g/mol. The van der Waals surface area contributed by atoms with Crippen LogP contribution in [0.5, 0.6) is 0 Å². The molecule has 1 aromatic rings. The van der Waals surface area contributed by atoms with Crippen molar-refractivity contribution in [3.05, 3.63) is 34.9 Å². The molecule has 1 fully saturated rings. The van der Waals surface area contributed by atoms with Gasteiger partial charge >= 0.3 is 0 Å². The highest BCUT2D eigenvalue weighted by atomic mass is 35.5. The Labute approximate surface area is 96.1 Å². The Bertz CT molecular complexity index is 324. The third kappa shape index (κ3) is 2.73. The number of halogens is 1. The highest BCUT2D eigenvalue weighted by molar-refractivity contribution is 6.30. The van der Waals surface area contributed by atoms with Gasteiger partial charge in [-0.15, -0.1) is 0 Å². The summed E-state index contributed by atoms with van der Waals surface area (Å²) in [7, 11) is 0. The maximum absolute atomic E-state index is 10.1. The molecule has 0 aromatic heterocycles. The molecule has 1 aromatic carbocycles. The monoisotopic (exact) mass is 224 g/mol. The molecule has 2 heteroatoms. The van der Waals surface area contributed by atoms with Crippen LogP contribution in [0.1, 0.15) is 43.6 Å². The van der Waals surface area contributed by atoms with Gasteiger partial charge in [-0.25, -0.2) is 0 Å². The highest BCUT2D eigenvalue weighted by Crippen LogP contribution is 2.32. The zero-order chi connectivity index (χ0) is 10.7. The van der Waals surface area contributed by atoms with Gasteiger partial charge in [-0.1, -0.05) is 43.0 Å². The second-order valence-corrected chi connectivity index (χ2v) is 4.80. The van der Waals surface area contributed by atoms with Crippen molar-refractivity contribution in [1.29, 1.82) is 0 Å². The van der Waals surface area contributed by atoms with Crippen LogP contribution >= 0.6 is 11.6 Å². The summed E-state index contributed by atoms with van der Waals surface area (Å²) in [6.07, 6.45) is 5.44. The normalized spacial score (nSPS) is 27.3. The molecule has 82 valence electrons. The van der Waals surface area contributed by atoms with Gasteiger partial charge in [-0.05, 0) is 30.5 Å². The summed E-state index contributed by atoms with van der Waals surface area (Å²) < 4.78 is 0. The molecule has 1 N–H and O–H groups in total. The van der Waals surface area contributed by atoms with Crippen LogP contribution in [0, 0.1) is 0 Å². The van der Waals surface area contributed by atoms with Gasteiger partial charge in [-0.2, -0.15) is 0 Å². The van der Waals surface area contributed by atoms with E-state index in [2.05, 4.69) is 6.07 Å². The minimum absolute atomic E-state index is 0.189. The van der Waals surface area contributed by atoms with Gasteiger partial charge in [-0.3, -0.25) is 0 Å². The standard InChI is InChI=1S/C13H17ClO/c14-11-6-4-5-10(9-11)12-7-2-1-3-8-13(12)15/h4-6,9,12-13,15H,1-3,7-8H2. The van der Waals surface area contributed by atoms with Crippen LogP contribution in [0.15, 0.2) is 24.3 Å². The van der Waals surface area contributed by atoms with Gasteiger partial charge in [0.1, 0.15) is 0 Å². The van der Waals surface area contributed by atoms with Crippen LogP contribution < -0.4 is 0 Å². The van der Waals surface area contributed by atoms with Crippen molar-refractivity contribution >= 4 is 11.6 Å². The van der Waals surface area contributed by atoms with Gasteiger partial charge in [0.05, 0.1) is 6.10 Å². The van der Waals surface area contributed by atoms with E-state index in [1.165, 1.54) is 18.4 Å². The molecule has 2 rings (SSSR count). The van der Waals surface area contributed by atoms with E-state index in [4.69, 9.17) is 11.6 Å². The van der Waals surface area contributed by atoms with Crippen molar-refractivity contribution in [1.82, 2.24) is 0 Å². The molecule has 0 radical (unpaired) electrons. The summed E-state index contributed by atoms with van der Waals surface area (Å²) >= 11 is 5.97. The molecule has 1 nitrogen and oxygen atoms in total. The third-order valence-electron chi connectivity index (χ3n) is 3.26. The SMILES string of the molecule is OC1CCCCCC1c1cccc(Cl)c1. The van der Waals surface area contributed by atoms with Crippen LogP contribution in [0.25, 0.3) is 0 Å². The van der Waals surface area contributed by atoms with Crippen molar-refractivity contribution in [3.8, 4) is 0 Å². The lowest BCUT2D eigenvalue weighted by Crippen LogP contribution is -2.16. The highest BCUT2D eigenvalue weighted by Gasteiger charge is 2.22. The minimum atomic E-state index is -0.189. The van der Waals surface area contributed by atoms with E-state index >= 15 is 0 Å². The van der Waals surface area contributed by atoms with Gasteiger partial charge in [0.2, 0.25) is 0 Å². The Balaban J connectivity index is 2.20. The first-order chi connectivity index (χ1) is 7.27. The number of hydrogen-bond acceptors (Lipinski definition) is 1. The van der Waals surface area contributed by atoms with Crippen molar-refractivity contribution in [2.45, 2.75) is 44.1 Å². The number of hydrogen-bond donors (Lipinski definition) is 1. The summed E-state index contributed by atoms with van der Waals surface area (Å²) in [5.41, 5.74) is 1.19. The van der Waals surface area contributed by atoms with Crippen LogP contribution in [0.2, 0.25) is 5.02 Å². The van der Waals surface area contributed by atoms with Crippen molar-refractivity contribution in [2.24, 2.45) is 0 Å². The zero-order valence-corrected chi connectivity index (χ0v) is 9.58. The first-order valence-corrected chi connectivity index (χ1v) is 6.09. The lowest BCUT2D eigenvalue weighted by Gasteiger charge is -2.20. The zero-order valence-electron chi connectivity index (χ0n) is 8.82. The maximum atomic E-state index is 10.1. The Morgan fingerprint density at radius 2 is 1.93 bits per heavy atom. The molecule has 15 heavy (non-hydrogen) atoms. The van der Waals surface area contributed by atoms with E-state index in [0.717, 1.165) is 24.3 Å². The van der Waals surface area contributed by atoms with E-state index in [0.29, 0.717) is 0 Å².